The number of aromatic amines is 1. The summed E-state index contributed by atoms with van der Waals surface area (Å²) in [6.07, 6.45) is 2.43. The quantitative estimate of drug-likeness (QED) is 0.444. The molecular weight excluding hydrogens is 424 g/mol. The Morgan fingerprint density at radius 1 is 1.15 bits per heavy atom. The zero-order valence-electron chi connectivity index (χ0n) is 18.3. The highest BCUT2D eigenvalue weighted by molar-refractivity contribution is 6.02. The molecule has 168 valence electrons. The van der Waals surface area contributed by atoms with Gasteiger partial charge in [0.2, 0.25) is 0 Å². The molecule has 5 rings (SSSR count). The molecule has 0 unspecified atom stereocenters. The van der Waals surface area contributed by atoms with Crippen LogP contribution in [0.15, 0.2) is 48.8 Å². The van der Waals surface area contributed by atoms with E-state index in [1.807, 2.05) is 24.3 Å². The Kier molecular flexibility index (Phi) is 5.28. The Morgan fingerprint density at radius 3 is 2.73 bits per heavy atom. The summed E-state index contributed by atoms with van der Waals surface area (Å²) in [5.41, 5.74) is 5.75. The second kappa shape index (κ2) is 8.27. The summed E-state index contributed by atoms with van der Waals surface area (Å²) < 4.78 is 28.4. The van der Waals surface area contributed by atoms with Crippen LogP contribution in [-0.2, 0) is 6.42 Å². The van der Waals surface area contributed by atoms with Gasteiger partial charge in [0, 0.05) is 53.8 Å². The van der Waals surface area contributed by atoms with Crippen molar-refractivity contribution in [3.05, 3.63) is 71.2 Å². The lowest BCUT2D eigenvalue weighted by atomic mass is 9.91. The van der Waals surface area contributed by atoms with E-state index < -0.39 is 6.43 Å². The monoisotopic (exact) mass is 447 g/mol. The van der Waals surface area contributed by atoms with Crippen LogP contribution in [0, 0.1) is 6.92 Å². The van der Waals surface area contributed by atoms with E-state index in [2.05, 4.69) is 25.4 Å². The predicted molar refractivity (Wildman–Crippen MR) is 124 cm³/mol. The summed E-state index contributed by atoms with van der Waals surface area (Å²) in [6, 6.07) is 10.7. The molecule has 0 fully saturated rings. The van der Waals surface area contributed by atoms with Gasteiger partial charge >= 0.3 is 0 Å². The third kappa shape index (κ3) is 3.61. The molecule has 4 aromatic rings. The molecule has 0 aliphatic carbocycles. The van der Waals surface area contributed by atoms with Gasteiger partial charge in [-0.25, -0.2) is 8.78 Å². The minimum Gasteiger partial charge on any atom is -0.355 e. The van der Waals surface area contributed by atoms with Crippen LogP contribution in [0.2, 0.25) is 0 Å². The van der Waals surface area contributed by atoms with Gasteiger partial charge in [0.15, 0.2) is 0 Å². The van der Waals surface area contributed by atoms with E-state index in [-0.39, 0.29) is 11.5 Å². The van der Waals surface area contributed by atoms with Gasteiger partial charge in [-0.3, -0.25) is 14.9 Å². The minimum atomic E-state index is -2.63. The number of hydrogen-bond acceptors (Lipinski definition) is 4. The zero-order chi connectivity index (χ0) is 23.1. The molecule has 0 atom stereocenters. The van der Waals surface area contributed by atoms with E-state index in [9.17, 15) is 13.6 Å². The zero-order valence-corrected chi connectivity index (χ0v) is 18.3. The Bertz CT molecular complexity index is 1360. The summed E-state index contributed by atoms with van der Waals surface area (Å²) in [5.74, 6) is -0.189. The van der Waals surface area contributed by atoms with E-state index in [0.29, 0.717) is 28.9 Å². The van der Waals surface area contributed by atoms with Gasteiger partial charge in [0.05, 0.1) is 16.9 Å². The molecule has 2 aromatic heterocycles. The first-order chi connectivity index (χ1) is 16.0. The van der Waals surface area contributed by atoms with Crippen molar-refractivity contribution < 1.29 is 13.6 Å². The maximum absolute atomic E-state index is 14.2. The average molecular weight is 447 g/mol. The fourth-order valence-corrected chi connectivity index (χ4v) is 4.60. The normalized spacial score (nSPS) is 13.4. The van der Waals surface area contributed by atoms with E-state index >= 15 is 0 Å². The molecule has 0 saturated carbocycles. The molecule has 1 amide bonds. The third-order valence-electron chi connectivity index (χ3n) is 6.22. The number of nitrogens with one attached hydrogen (secondary N) is 2. The average Bonchev–Trinajstić information content (AvgIpc) is 3.27. The molecule has 33 heavy (non-hydrogen) atoms. The van der Waals surface area contributed by atoms with Crippen molar-refractivity contribution >= 4 is 28.2 Å². The topological polar surface area (TPSA) is 73.9 Å². The van der Waals surface area contributed by atoms with Crippen LogP contribution < -0.4 is 10.2 Å². The summed E-state index contributed by atoms with van der Waals surface area (Å²) in [6.45, 7) is 2.49. The molecule has 0 spiro atoms. The smallest absolute Gasteiger partial charge is 0.264 e. The number of hydrogen-bond donors (Lipinski definition) is 2. The van der Waals surface area contributed by atoms with Crippen molar-refractivity contribution in [2.75, 3.05) is 18.5 Å². The van der Waals surface area contributed by atoms with E-state index in [1.54, 1.807) is 38.5 Å². The fraction of sp³-hybridized carbons (Fsp3) is 0.240. The van der Waals surface area contributed by atoms with Gasteiger partial charge in [-0.05, 0) is 67.3 Å². The number of carbonyl (C=O) groups excluding carboxylic acids is 1. The Morgan fingerprint density at radius 2 is 2.00 bits per heavy atom. The van der Waals surface area contributed by atoms with Crippen molar-refractivity contribution in [3.8, 4) is 11.1 Å². The van der Waals surface area contributed by atoms with Crippen molar-refractivity contribution in [2.24, 2.45) is 0 Å². The molecule has 1 aliphatic heterocycles. The largest absolute Gasteiger partial charge is 0.355 e. The van der Waals surface area contributed by atoms with Gasteiger partial charge in [-0.1, -0.05) is 0 Å². The third-order valence-corrected chi connectivity index (χ3v) is 6.22. The van der Waals surface area contributed by atoms with Crippen LogP contribution in [0.1, 0.15) is 40.0 Å². The van der Waals surface area contributed by atoms with E-state index in [0.717, 1.165) is 40.7 Å². The van der Waals surface area contributed by atoms with Gasteiger partial charge in [-0.15, -0.1) is 0 Å². The number of benzene rings is 2. The highest BCUT2D eigenvalue weighted by Gasteiger charge is 2.26. The first kappa shape index (κ1) is 21.1. The molecule has 2 N–H and O–H groups in total. The highest BCUT2D eigenvalue weighted by Crippen LogP contribution is 2.43. The van der Waals surface area contributed by atoms with Gasteiger partial charge in [0.25, 0.3) is 12.3 Å². The van der Waals surface area contributed by atoms with Crippen molar-refractivity contribution in [2.45, 2.75) is 26.2 Å². The van der Waals surface area contributed by atoms with Gasteiger partial charge in [-0.2, -0.15) is 5.10 Å². The number of amides is 1. The lowest BCUT2D eigenvalue weighted by Crippen LogP contribution is -2.25. The van der Waals surface area contributed by atoms with Gasteiger partial charge in [0.1, 0.15) is 0 Å². The number of halogens is 2. The number of aromatic nitrogens is 3. The van der Waals surface area contributed by atoms with Crippen molar-refractivity contribution in [1.82, 2.24) is 20.5 Å². The molecule has 8 heteroatoms. The molecule has 6 nitrogen and oxygen atoms in total. The number of nitrogens with zero attached hydrogens (tertiary/aromatic N) is 3. The van der Waals surface area contributed by atoms with Crippen LogP contribution >= 0.6 is 0 Å². The summed E-state index contributed by atoms with van der Waals surface area (Å²) in [5, 5.41) is 10.3. The highest BCUT2D eigenvalue weighted by atomic mass is 19.3. The number of anilines is 2. The first-order valence-corrected chi connectivity index (χ1v) is 10.8. The summed E-state index contributed by atoms with van der Waals surface area (Å²) in [7, 11) is 1.59. The maximum atomic E-state index is 14.2. The Balaban J connectivity index is 1.69. The fourth-order valence-electron chi connectivity index (χ4n) is 4.60. The van der Waals surface area contributed by atoms with Crippen LogP contribution in [0.3, 0.4) is 0 Å². The predicted octanol–water partition coefficient (Wildman–Crippen LogP) is 5.31. The molecule has 3 heterocycles. The van der Waals surface area contributed by atoms with Crippen molar-refractivity contribution in [1.29, 1.82) is 0 Å². The van der Waals surface area contributed by atoms with Crippen LogP contribution in [0.25, 0.3) is 22.0 Å². The Labute approximate surface area is 189 Å². The number of rotatable bonds is 4. The molecule has 0 bridgehead atoms. The number of carbonyl (C=O) groups is 1. The lowest BCUT2D eigenvalue weighted by molar-refractivity contribution is 0.0963. The summed E-state index contributed by atoms with van der Waals surface area (Å²) >= 11 is 0. The number of alkyl halides is 2. The standard InChI is InChI=1S/C25H23F2N5O/c1-14-20(13-30-31-14)17-10-15-4-3-9-32(23(15)12-18(17)24(26)27)22-7-8-29-21-6-5-16(11-19(21)22)25(33)28-2/h5-8,10-13,24H,3-4,9H2,1-2H3,(H,28,33)(H,30,31). The van der Waals surface area contributed by atoms with Gasteiger partial charge < -0.3 is 10.2 Å². The molecule has 1 aliphatic rings. The number of aryl methyl sites for hydroxylation is 2. The minimum absolute atomic E-state index is 0.0189. The first-order valence-electron chi connectivity index (χ1n) is 10.8. The van der Waals surface area contributed by atoms with Crippen LogP contribution in [0.5, 0.6) is 0 Å². The molecular formula is C25H23F2N5O. The Hall–Kier alpha value is -3.81. The maximum Gasteiger partial charge on any atom is 0.264 e. The van der Waals surface area contributed by atoms with E-state index in [4.69, 9.17) is 0 Å². The second-order valence-corrected chi connectivity index (χ2v) is 8.15. The number of H-pyrrole nitrogens is 1. The second-order valence-electron chi connectivity index (χ2n) is 8.15. The molecule has 2 aromatic carbocycles. The molecule has 0 saturated heterocycles. The van der Waals surface area contributed by atoms with Crippen LogP contribution in [-0.4, -0.2) is 34.7 Å². The van der Waals surface area contributed by atoms with E-state index in [1.165, 1.54) is 0 Å². The summed E-state index contributed by atoms with van der Waals surface area (Å²) in [4.78, 5) is 18.7. The number of fused-ring (bicyclic) bond motifs is 2. The number of pyridine rings is 1. The SMILES string of the molecule is CNC(=O)c1ccc2nccc(N3CCCc4cc(-c5c[nH]nc5C)c(C(F)F)cc43)c2c1. The lowest BCUT2D eigenvalue weighted by Gasteiger charge is -2.33. The van der Waals surface area contributed by atoms with Crippen molar-refractivity contribution in [3.63, 3.8) is 0 Å². The molecule has 0 radical (unpaired) electrons. The van der Waals surface area contributed by atoms with Crippen LogP contribution in [0.4, 0.5) is 20.2 Å².